The average molecular weight is 472 g/mol. The van der Waals surface area contributed by atoms with E-state index in [2.05, 4.69) is 5.32 Å². The van der Waals surface area contributed by atoms with Gasteiger partial charge in [0.2, 0.25) is 0 Å². The summed E-state index contributed by atoms with van der Waals surface area (Å²) in [4.78, 5) is 37.4. The first-order chi connectivity index (χ1) is 16.1. The van der Waals surface area contributed by atoms with Crippen LogP contribution in [0.25, 0.3) is 0 Å². The molecule has 0 bridgehead atoms. The van der Waals surface area contributed by atoms with Crippen molar-refractivity contribution in [1.82, 2.24) is 5.32 Å². The van der Waals surface area contributed by atoms with E-state index in [1.165, 1.54) is 0 Å². The summed E-state index contributed by atoms with van der Waals surface area (Å²) in [5.74, 6) is -0.698. The highest BCUT2D eigenvalue weighted by Gasteiger charge is 2.34. The molecule has 0 radical (unpaired) electrons. The Kier molecular flexibility index (Phi) is 9.92. The zero-order valence-electron chi connectivity index (χ0n) is 20.3. The molecule has 0 aliphatic rings. The van der Waals surface area contributed by atoms with Crippen LogP contribution in [0.3, 0.4) is 0 Å². The number of carbonyl (C=O) groups excluding carboxylic acids is 3. The molecule has 0 aliphatic carbocycles. The molecule has 0 heterocycles. The van der Waals surface area contributed by atoms with Crippen molar-refractivity contribution in [2.24, 2.45) is 11.3 Å². The Hall–Kier alpha value is -3.55. The molecule has 2 rings (SSSR count). The summed E-state index contributed by atoms with van der Waals surface area (Å²) in [6, 6.07) is 15.4. The van der Waals surface area contributed by atoms with E-state index in [1.807, 2.05) is 30.3 Å². The minimum Gasteiger partial charge on any atom is -0.497 e. The fraction of sp³-hybridized carbons (Fsp3) is 0.423. The highest BCUT2D eigenvalue weighted by Crippen LogP contribution is 2.20. The van der Waals surface area contributed by atoms with Crippen LogP contribution in [0.4, 0.5) is 4.79 Å². The van der Waals surface area contributed by atoms with Gasteiger partial charge < -0.3 is 24.3 Å². The Labute approximate surface area is 200 Å². The minimum absolute atomic E-state index is 0.0829. The summed E-state index contributed by atoms with van der Waals surface area (Å²) in [5.41, 5.74) is 0.563. The number of hydrogen-bond acceptors (Lipinski definition) is 7. The largest absolute Gasteiger partial charge is 0.497 e. The number of benzene rings is 2. The third kappa shape index (κ3) is 8.42. The number of ether oxygens (including phenoxy) is 4. The molecule has 8 nitrogen and oxygen atoms in total. The zero-order chi connectivity index (χ0) is 25.1. The van der Waals surface area contributed by atoms with Gasteiger partial charge in [-0.05, 0) is 43.0 Å². The smallest absolute Gasteiger partial charge is 0.408 e. The van der Waals surface area contributed by atoms with Gasteiger partial charge >= 0.3 is 18.0 Å². The molecule has 2 aromatic carbocycles. The molecular weight excluding hydrogens is 438 g/mol. The Morgan fingerprint density at radius 2 is 1.44 bits per heavy atom. The molecule has 1 N–H and O–H groups in total. The van der Waals surface area contributed by atoms with Gasteiger partial charge in [0.05, 0.1) is 12.5 Å². The fourth-order valence-electron chi connectivity index (χ4n) is 2.86. The predicted octanol–water partition coefficient (Wildman–Crippen LogP) is 4.26. The highest BCUT2D eigenvalue weighted by molar-refractivity contribution is 5.82. The molecule has 0 saturated carbocycles. The monoisotopic (exact) mass is 471 g/mol. The van der Waals surface area contributed by atoms with E-state index in [1.54, 1.807) is 59.1 Å². The van der Waals surface area contributed by atoms with Crippen LogP contribution in [0.2, 0.25) is 0 Å². The van der Waals surface area contributed by atoms with E-state index in [0.29, 0.717) is 5.75 Å². The highest BCUT2D eigenvalue weighted by atomic mass is 16.6. The van der Waals surface area contributed by atoms with E-state index in [9.17, 15) is 14.4 Å². The molecule has 0 fully saturated rings. The molecule has 8 heteroatoms. The number of methoxy groups -OCH3 is 1. The molecule has 0 aromatic heterocycles. The molecule has 1 atom stereocenters. The SMILES string of the molecule is COc1ccc(COC(=O)C(C)(C)COC(=O)[C@@H](NC(=O)OCc2ccccc2)C(C)C)cc1. The maximum Gasteiger partial charge on any atom is 0.408 e. The number of carbonyl (C=O) groups is 3. The Morgan fingerprint density at radius 3 is 2.03 bits per heavy atom. The second-order valence-electron chi connectivity index (χ2n) is 8.84. The summed E-state index contributed by atoms with van der Waals surface area (Å²) < 4.78 is 21.1. The van der Waals surface area contributed by atoms with Crippen LogP contribution in [0.1, 0.15) is 38.8 Å². The second-order valence-corrected chi connectivity index (χ2v) is 8.84. The van der Waals surface area contributed by atoms with E-state index < -0.39 is 29.5 Å². The van der Waals surface area contributed by atoms with E-state index in [4.69, 9.17) is 18.9 Å². The van der Waals surface area contributed by atoms with Crippen LogP contribution >= 0.6 is 0 Å². The van der Waals surface area contributed by atoms with Crippen molar-refractivity contribution in [3.63, 3.8) is 0 Å². The third-order valence-corrected chi connectivity index (χ3v) is 5.06. The van der Waals surface area contributed by atoms with Gasteiger partial charge in [-0.1, -0.05) is 56.3 Å². The van der Waals surface area contributed by atoms with Crippen LogP contribution < -0.4 is 10.1 Å². The maximum atomic E-state index is 12.6. The van der Waals surface area contributed by atoms with Crippen molar-refractivity contribution in [2.75, 3.05) is 13.7 Å². The molecule has 0 unspecified atom stereocenters. The quantitative estimate of drug-likeness (QED) is 0.386. The van der Waals surface area contributed by atoms with Crippen molar-refractivity contribution in [1.29, 1.82) is 0 Å². The van der Waals surface area contributed by atoms with Gasteiger partial charge in [-0.3, -0.25) is 4.79 Å². The standard InChI is InChI=1S/C26H33NO7/c1-18(2)22(27-25(30)33-16-19-9-7-6-8-10-19)23(28)34-17-26(3,4)24(29)32-15-20-11-13-21(31-5)14-12-20/h6-14,18,22H,15-17H2,1-5H3,(H,27,30)/t22-/m0/s1. The van der Waals surface area contributed by atoms with E-state index >= 15 is 0 Å². The van der Waals surface area contributed by atoms with E-state index in [-0.39, 0.29) is 25.7 Å². The Bertz CT molecular complexity index is 939. The topological polar surface area (TPSA) is 100 Å². The van der Waals surface area contributed by atoms with Crippen LogP contribution in [0, 0.1) is 11.3 Å². The zero-order valence-corrected chi connectivity index (χ0v) is 20.3. The van der Waals surface area contributed by atoms with Gasteiger partial charge in [0.15, 0.2) is 0 Å². The summed E-state index contributed by atoms with van der Waals surface area (Å²) in [7, 11) is 1.58. The van der Waals surface area contributed by atoms with Gasteiger partial charge in [0.1, 0.15) is 31.6 Å². The molecular formula is C26H33NO7. The van der Waals surface area contributed by atoms with Crippen LogP contribution in [0.5, 0.6) is 5.75 Å². The lowest BCUT2D eigenvalue weighted by atomic mass is 9.95. The van der Waals surface area contributed by atoms with Crippen LogP contribution in [0.15, 0.2) is 54.6 Å². The van der Waals surface area contributed by atoms with Crippen molar-refractivity contribution < 1.29 is 33.3 Å². The number of alkyl carbamates (subject to hydrolysis) is 1. The summed E-state index contributed by atoms with van der Waals surface area (Å²) in [5, 5.41) is 2.55. The molecule has 0 spiro atoms. The maximum absolute atomic E-state index is 12.6. The lowest BCUT2D eigenvalue weighted by molar-refractivity contribution is -0.163. The first kappa shape index (κ1) is 26.7. The number of rotatable bonds is 11. The lowest BCUT2D eigenvalue weighted by Crippen LogP contribution is -2.46. The van der Waals surface area contributed by atoms with Gasteiger partial charge in [-0.25, -0.2) is 9.59 Å². The number of amides is 1. The number of esters is 2. The van der Waals surface area contributed by atoms with Gasteiger partial charge in [-0.2, -0.15) is 0 Å². The first-order valence-electron chi connectivity index (χ1n) is 11.1. The molecule has 34 heavy (non-hydrogen) atoms. The van der Waals surface area contributed by atoms with Gasteiger partial charge in [-0.15, -0.1) is 0 Å². The first-order valence-corrected chi connectivity index (χ1v) is 11.1. The second kappa shape index (κ2) is 12.6. The van der Waals surface area contributed by atoms with Crippen molar-refractivity contribution >= 4 is 18.0 Å². The molecule has 184 valence electrons. The fourth-order valence-corrected chi connectivity index (χ4v) is 2.86. The Morgan fingerprint density at radius 1 is 0.853 bits per heavy atom. The van der Waals surface area contributed by atoms with Crippen LogP contribution in [-0.4, -0.2) is 37.8 Å². The van der Waals surface area contributed by atoms with Crippen molar-refractivity contribution in [2.45, 2.75) is 47.0 Å². The minimum atomic E-state index is -1.07. The molecule has 0 aliphatic heterocycles. The predicted molar refractivity (Wildman–Crippen MR) is 126 cm³/mol. The number of nitrogens with one attached hydrogen (secondary N) is 1. The summed E-state index contributed by atoms with van der Waals surface area (Å²) in [6.45, 7) is 6.78. The van der Waals surface area contributed by atoms with Crippen LogP contribution in [-0.2, 0) is 37.0 Å². The van der Waals surface area contributed by atoms with Crippen molar-refractivity contribution in [3.8, 4) is 5.75 Å². The Balaban J connectivity index is 1.84. The summed E-state index contributed by atoms with van der Waals surface area (Å²) in [6.07, 6.45) is -0.724. The normalized spacial score (nSPS) is 11.9. The summed E-state index contributed by atoms with van der Waals surface area (Å²) >= 11 is 0. The molecule has 1 amide bonds. The molecule has 2 aromatic rings. The van der Waals surface area contributed by atoms with Gasteiger partial charge in [0.25, 0.3) is 0 Å². The van der Waals surface area contributed by atoms with Crippen molar-refractivity contribution in [3.05, 3.63) is 65.7 Å². The molecule has 0 saturated heterocycles. The average Bonchev–Trinajstić information content (AvgIpc) is 2.83. The lowest BCUT2D eigenvalue weighted by Gasteiger charge is -2.25. The van der Waals surface area contributed by atoms with Gasteiger partial charge in [0, 0.05) is 0 Å². The van der Waals surface area contributed by atoms with E-state index in [0.717, 1.165) is 11.1 Å². The third-order valence-electron chi connectivity index (χ3n) is 5.06. The number of hydrogen-bond donors (Lipinski definition) is 1.